The highest BCUT2D eigenvalue weighted by Crippen LogP contribution is 2.28. The third-order valence-corrected chi connectivity index (χ3v) is 5.25. The van der Waals surface area contributed by atoms with Crippen molar-refractivity contribution in [3.63, 3.8) is 0 Å². The molecule has 3 rings (SSSR count). The van der Waals surface area contributed by atoms with Gasteiger partial charge in [0.1, 0.15) is 11.9 Å². The number of ether oxygens (including phenoxy) is 2. The Morgan fingerprint density at radius 1 is 1.15 bits per heavy atom. The number of benzene rings is 1. The summed E-state index contributed by atoms with van der Waals surface area (Å²) < 4.78 is 11.3. The lowest BCUT2D eigenvalue weighted by Gasteiger charge is -2.33. The van der Waals surface area contributed by atoms with Crippen LogP contribution in [-0.2, 0) is 20.7 Å². The number of para-hydroxylation sites is 1. The predicted octanol–water partition coefficient (Wildman–Crippen LogP) is 2.21. The molecule has 2 heterocycles. The smallest absolute Gasteiger partial charge is 0.261 e. The fraction of sp³-hybridized carbons (Fsp3) is 0.619. The molecule has 1 aromatic carbocycles. The van der Waals surface area contributed by atoms with Gasteiger partial charge in [-0.1, -0.05) is 39.0 Å². The van der Waals surface area contributed by atoms with E-state index in [9.17, 15) is 9.59 Å². The topological polar surface area (TPSA) is 76.7 Å². The minimum absolute atomic E-state index is 0.0947. The Hall–Kier alpha value is -2.08. The average Bonchev–Trinajstić information content (AvgIpc) is 3.09. The minimum Gasteiger partial charge on any atom is -0.480 e. The molecule has 0 aromatic heterocycles. The lowest BCUT2D eigenvalue weighted by Crippen LogP contribution is -2.54. The summed E-state index contributed by atoms with van der Waals surface area (Å²) in [5.74, 6) is 0.532. The molecule has 0 radical (unpaired) electrons. The molecule has 2 aliphatic rings. The van der Waals surface area contributed by atoms with Gasteiger partial charge >= 0.3 is 0 Å². The SMILES string of the molecule is CC(C)(C)C(CNC(=O)C1CCCCO1)NC(=O)C1Cc2ccccc2O1. The molecule has 0 bridgehead atoms. The van der Waals surface area contributed by atoms with Crippen molar-refractivity contribution in [1.29, 1.82) is 0 Å². The molecule has 1 aromatic rings. The van der Waals surface area contributed by atoms with Crippen molar-refractivity contribution in [3.8, 4) is 5.75 Å². The second kappa shape index (κ2) is 8.30. The van der Waals surface area contributed by atoms with E-state index in [4.69, 9.17) is 9.47 Å². The number of hydrogen-bond acceptors (Lipinski definition) is 4. The van der Waals surface area contributed by atoms with Crippen LogP contribution in [0.3, 0.4) is 0 Å². The summed E-state index contributed by atoms with van der Waals surface area (Å²) in [5.41, 5.74) is 0.842. The number of fused-ring (bicyclic) bond motifs is 1. The minimum atomic E-state index is -0.523. The standard InChI is InChI=1S/C21H30N2O4/c1-21(2,3)18(13-22-19(24)16-10-6-7-11-26-16)23-20(25)17-12-14-8-4-5-9-15(14)27-17/h4-5,8-9,16-18H,6-7,10-13H2,1-3H3,(H,22,24)(H,23,25). The van der Waals surface area contributed by atoms with Gasteiger partial charge in [0.05, 0.1) is 6.04 Å². The molecule has 2 amide bonds. The maximum atomic E-state index is 12.7. The summed E-state index contributed by atoms with van der Waals surface area (Å²) >= 11 is 0. The van der Waals surface area contributed by atoms with Gasteiger partial charge in [0.15, 0.2) is 6.10 Å². The van der Waals surface area contributed by atoms with Crippen LogP contribution in [0, 0.1) is 5.41 Å². The highest BCUT2D eigenvalue weighted by molar-refractivity contribution is 5.83. The molecule has 27 heavy (non-hydrogen) atoms. The Bertz CT molecular complexity index is 652. The third-order valence-electron chi connectivity index (χ3n) is 5.25. The lowest BCUT2D eigenvalue weighted by atomic mass is 9.86. The van der Waals surface area contributed by atoms with Gasteiger partial charge < -0.3 is 20.1 Å². The van der Waals surface area contributed by atoms with Crippen LogP contribution in [0.2, 0.25) is 0 Å². The van der Waals surface area contributed by atoms with E-state index in [1.54, 1.807) is 0 Å². The molecule has 0 saturated carbocycles. The molecule has 6 nitrogen and oxygen atoms in total. The molecular weight excluding hydrogens is 344 g/mol. The van der Waals surface area contributed by atoms with Gasteiger partial charge in [-0.25, -0.2) is 0 Å². The molecule has 3 unspecified atom stereocenters. The van der Waals surface area contributed by atoms with Crippen molar-refractivity contribution in [2.75, 3.05) is 13.2 Å². The normalized spacial score (nSPS) is 23.1. The fourth-order valence-corrected chi connectivity index (χ4v) is 3.43. The van der Waals surface area contributed by atoms with Crippen molar-refractivity contribution in [1.82, 2.24) is 10.6 Å². The predicted molar refractivity (Wildman–Crippen MR) is 103 cm³/mol. The molecule has 3 atom stereocenters. The van der Waals surface area contributed by atoms with E-state index in [2.05, 4.69) is 10.6 Å². The molecule has 1 fully saturated rings. The second-order valence-electron chi connectivity index (χ2n) is 8.45. The lowest BCUT2D eigenvalue weighted by molar-refractivity contribution is -0.136. The third kappa shape index (κ3) is 5.01. The van der Waals surface area contributed by atoms with Crippen molar-refractivity contribution in [2.24, 2.45) is 5.41 Å². The zero-order chi connectivity index (χ0) is 19.4. The number of nitrogens with one attached hydrogen (secondary N) is 2. The number of hydrogen-bond donors (Lipinski definition) is 2. The Morgan fingerprint density at radius 3 is 2.59 bits per heavy atom. The average molecular weight is 374 g/mol. The monoisotopic (exact) mass is 374 g/mol. The molecule has 148 valence electrons. The quantitative estimate of drug-likeness (QED) is 0.828. The van der Waals surface area contributed by atoms with E-state index in [0.717, 1.165) is 30.6 Å². The number of amides is 2. The zero-order valence-electron chi connectivity index (χ0n) is 16.4. The first-order chi connectivity index (χ1) is 12.8. The van der Waals surface area contributed by atoms with E-state index >= 15 is 0 Å². The van der Waals surface area contributed by atoms with Crippen LogP contribution < -0.4 is 15.4 Å². The van der Waals surface area contributed by atoms with Crippen molar-refractivity contribution < 1.29 is 19.1 Å². The first-order valence-electron chi connectivity index (χ1n) is 9.79. The molecule has 1 saturated heterocycles. The first-order valence-corrected chi connectivity index (χ1v) is 9.79. The summed E-state index contributed by atoms with van der Waals surface area (Å²) in [6.45, 7) is 7.15. The van der Waals surface area contributed by atoms with Crippen LogP contribution in [0.5, 0.6) is 5.75 Å². The Kier molecular flexibility index (Phi) is 6.05. The van der Waals surface area contributed by atoms with E-state index < -0.39 is 6.10 Å². The van der Waals surface area contributed by atoms with Crippen LogP contribution in [0.25, 0.3) is 0 Å². The van der Waals surface area contributed by atoms with Gasteiger partial charge in [0.2, 0.25) is 5.91 Å². The molecule has 0 aliphatic carbocycles. The number of carbonyl (C=O) groups excluding carboxylic acids is 2. The van der Waals surface area contributed by atoms with Gasteiger partial charge in [-0.3, -0.25) is 9.59 Å². The van der Waals surface area contributed by atoms with Crippen molar-refractivity contribution in [3.05, 3.63) is 29.8 Å². The van der Waals surface area contributed by atoms with Gasteiger partial charge in [-0.15, -0.1) is 0 Å². The summed E-state index contributed by atoms with van der Waals surface area (Å²) in [4.78, 5) is 25.1. The van der Waals surface area contributed by atoms with E-state index in [1.165, 1.54) is 0 Å². The zero-order valence-corrected chi connectivity index (χ0v) is 16.4. The largest absolute Gasteiger partial charge is 0.480 e. The maximum Gasteiger partial charge on any atom is 0.261 e. The van der Waals surface area contributed by atoms with Gasteiger partial charge in [-0.2, -0.15) is 0 Å². The van der Waals surface area contributed by atoms with Crippen LogP contribution in [0.1, 0.15) is 45.6 Å². The van der Waals surface area contributed by atoms with E-state index in [0.29, 0.717) is 19.6 Å². The van der Waals surface area contributed by atoms with Crippen molar-refractivity contribution >= 4 is 11.8 Å². The Balaban J connectivity index is 1.55. The van der Waals surface area contributed by atoms with Crippen LogP contribution >= 0.6 is 0 Å². The Labute approximate surface area is 161 Å². The highest BCUT2D eigenvalue weighted by Gasteiger charge is 2.34. The Morgan fingerprint density at radius 2 is 1.93 bits per heavy atom. The van der Waals surface area contributed by atoms with Gasteiger partial charge in [-0.05, 0) is 36.3 Å². The number of carbonyl (C=O) groups is 2. The second-order valence-corrected chi connectivity index (χ2v) is 8.45. The fourth-order valence-electron chi connectivity index (χ4n) is 3.43. The van der Waals surface area contributed by atoms with Crippen LogP contribution in [-0.4, -0.2) is 43.2 Å². The van der Waals surface area contributed by atoms with E-state index in [-0.39, 0.29) is 29.4 Å². The van der Waals surface area contributed by atoms with E-state index in [1.807, 2.05) is 45.0 Å². The molecule has 6 heteroatoms. The summed E-state index contributed by atoms with van der Waals surface area (Å²) in [6.07, 6.45) is 2.45. The first kappa shape index (κ1) is 19.7. The van der Waals surface area contributed by atoms with Crippen LogP contribution in [0.4, 0.5) is 0 Å². The molecule has 2 aliphatic heterocycles. The highest BCUT2D eigenvalue weighted by atomic mass is 16.5. The summed E-state index contributed by atoms with van der Waals surface area (Å²) in [5, 5.41) is 6.03. The summed E-state index contributed by atoms with van der Waals surface area (Å²) in [6, 6.07) is 7.51. The molecular formula is C21H30N2O4. The van der Waals surface area contributed by atoms with Gasteiger partial charge in [0.25, 0.3) is 5.91 Å². The number of rotatable bonds is 5. The van der Waals surface area contributed by atoms with Crippen LogP contribution in [0.15, 0.2) is 24.3 Å². The van der Waals surface area contributed by atoms with Crippen molar-refractivity contribution in [2.45, 2.75) is 64.7 Å². The molecule has 2 N–H and O–H groups in total. The van der Waals surface area contributed by atoms with Gasteiger partial charge in [0, 0.05) is 19.6 Å². The summed E-state index contributed by atoms with van der Waals surface area (Å²) in [7, 11) is 0. The molecule has 0 spiro atoms. The maximum absolute atomic E-state index is 12.7.